The number of allylic oxidation sites excluding steroid dienone is 1. The highest BCUT2D eigenvalue weighted by atomic mass is 16.5. The van der Waals surface area contributed by atoms with Gasteiger partial charge < -0.3 is 15.4 Å². The molecule has 0 unspecified atom stereocenters. The average molecular weight is 283 g/mol. The van der Waals surface area contributed by atoms with Gasteiger partial charge in [0.2, 0.25) is 0 Å². The van der Waals surface area contributed by atoms with Crippen LogP contribution in [0.25, 0.3) is 0 Å². The molecular formula is C15H29N3O2. The number of rotatable bonds is 5. The van der Waals surface area contributed by atoms with Crippen LogP contribution in [0.4, 0.5) is 4.79 Å². The second-order valence-electron chi connectivity index (χ2n) is 6.29. The Labute approximate surface area is 122 Å². The van der Waals surface area contributed by atoms with Gasteiger partial charge in [0.15, 0.2) is 0 Å². The van der Waals surface area contributed by atoms with Crippen LogP contribution >= 0.6 is 0 Å². The Bertz CT molecular complexity index is 329. The Morgan fingerprint density at radius 1 is 1.30 bits per heavy atom. The van der Waals surface area contributed by atoms with Gasteiger partial charge in [-0.2, -0.15) is 0 Å². The van der Waals surface area contributed by atoms with Crippen LogP contribution in [-0.4, -0.2) is 50.3 Å². The number of morpholine rings is 1. The monoisotopic (exact) mass is 283 g/mol. The summed E-state index contributed by atoms with van der Waals surface area (Å²) in [5, 5.41) is 5.66. The quantitative estimate of drug-likeness (QED) is 0.758. The third kappa shape index (κ3) is 6.91. The molecule has 0 bridgehead atoms. The van der Waals surface area contributed by atoms with E-state index in [9.17, 15) is 4.79 Å². The van der Waals surface area contributed by atoms with Crippen LogP contribution < -0.4 is 10.6 Å². The van der Waals surface area contributed by atoms with E-state index in [0.717, 1.165) is 44.8 Å². The van der Waals surface area contributed by atoms with E-state index >= 15 is 0 Å². The first-order chi connectivity index (χ1) is 9.39. The first-order valence-electron chi connectivity index (χ1n) is 7.41. The first kappa shape index (κ1) is 17.0. The molecule has 1 saturated heterocycles. The molecule has 1 fully saturated rings. The molecule has 2 N–H and O–H groups in total. The summed E-state index contributed by atoms with van der Waals surface area (Å²) >= 11 is 0. The van der Waals surface area contributed by atoms with E-state index < -0.39 is 0 Å². The summed E-state index contributed by atoms with van der Waals surface area (Å²) in [6, 6.07) is -0.129. The molecule has 0 aromatic carbocycles. The van der Waals surface area contributed by atoms with Crippen LogP contribution in [-0.2, 0) is 4.74 Å². The van der Waals surface area contributed by atoms with Gasteiger partial charge in [-0.25, -0.2) is 4.79 Å². The van der Waals surface area contributed by atoms with Crippen LogP contribution in [0.5, 0.6) is 0 Å². The second-order valence-corrected chi connectivity index (χ2v) is 6.29. The SMILES string of the molecule is C/C(=C\NC(=O)NCCCN1CCOCC1)C(C)(C)C. The Kier molecular flexibility index (Phi) is 7.02. The number of nitrogens with zero attached hydrogens (tertiary/aromatic N) is 1. The Morgan fingerprint density at radius 3 is 2.55 bits per heavy atom. The number of hydrogen-bond acceptors (Lipinski definition) is 3. The first-order valence-corrected chi connectivity index (χ1v) is 7.41. The van der Waals surface area contributed by atoms with Gasteiger partial charge in [-0.1, -0.05) is 26.3 Å². The molecule has 5 nitrogen and oxygen atoms in total. The van der Waals surface area contributed by atoms with E-state index in [-0.39, 0.29) is 11.4 Å². The molecule has 0 saturated carbocycles. The summed E-state index contributed by atoms with van der Waals surface area (Å²) in [5.74, 6) is 0. The van der Waals surface area contributed by atoms with Crippen LogP contribution in [0.3, 0.4) is 0 Å². The third-order valence-electron chi connectivity index (χ3n) is 3.64. The highest BCUT2D eigenvalue weighted by Crippen LogP contribution is 2.23. The zero-order valence-corrected chi connectivity index (χ0v) is 13.3. The van der Waals surface area contributed by atoms with Crippen molar-refractivity contribution in [1.82, 2.24) is 15.5 Å². The van der Waals surface area contributed by atoms with Gasteiger partial charge in [0.25, 0.3) is 0 Å². The fourth-order valence-electron chi connectivity index (χ4n) is 1.77. The highest BCUT2D eigenvalue weighted by Gasteiger charge is 2.12. The van der Waals surface area contributed by atoms with Crippen molar-refractivity contribution >= 4 is 6.03 Å². The highest BCUT2D eigenvalue weighted by molar-refractivity contribution is 5.74. The molecule has 0 aromatic heterocycles. The predicted octanol–water partition coefficient (Wildman–Crippen LogP) is 1.96. The summed E-state index contributed by atoms with van der Waals surface area (Å²) in [6.07, 6.45) is 2.76. The zero-order valence-electron chi connectivity index (χ0n) is 13.3. The predicted molar refractivity (Wildman–Crippen MR) is 81.6 cm³/mol. The summed E-state index contributed by atoms with van der Waals surface area (Å²) in [7, 11) is 0. The molecule has 20 heavy (non-hydrogen) atoms. The second kappa shape index (κ2) is 8.27. The van der Waals surface area contributed by atoms with Crippen LogP contribution in [0.1, 0.15) is 34.1 Å². The van der Waals surface area contributed by atoms with E-state index in [4.69, 9.17) is 4.74 Å². The van der Waals surface area contributed by atoms with E-state index in [1.807, 2.05) is 6.92 Å². The molecule has 1 aliphatic rings. The number of hydrogen-bond donors (Lipinski definition) is 2. The van der Waals surface area contributed by atoms with Gasteiger partial charge in [-0.3, -0.25) is 4.90 Å². The summed E-state index contributed by atoms with van der Waals surface area (Å²) in [6.45, 7) is 13.8. The van der Waals surface area contributed by atoms with Crippen molar-refractivity contribution in [2.24, 2.45) is 5.41 Å². The lowest BCUT2D eigenvalue weighted by molar-refractivity contribution is 0.0375. The van der Waals surface area contributed by atoms with Crippen LogP contribution in [0, 0.1) is 5.41 Å². The minimum atomic E-state index is -0.129. The lowest BCUT2D eigenvalue weighted by Gasteiger charge is -2.26. The van der Waals surface area contributed by atoms with Crippen molar-refractivity contribution in [3.8, 4) is 0 Å². The van der Waals surface area contributed by atoms with E-state index in [0.29, 0.717) is 6.54 Å². The maximum atomic E-state index is 11.6. The topological polar surface area (TPSA) is 53.6 Å². The van der Waals surface area contributed by atoms with Gasteiger partial charge in [-0.05, 0) is 25.3 Å². The minimum Gasteiger partial charge on any atom is -0.379 e. The van der Waals surface area contributed by atoms with Crippen molar-refractivity contribution in [3.63, 3.8) is 0 Å². The van der Waals surface area contributed by atoms with Crippen molar-refractivity contribution < 1.29 is 9.53 Å². The molecule has 0 spiro atoms. The lowest BCUT2D eigenvalue weighted by Crippen LogP contribution is -2.39. The average Bonchev–Trinajstić information content (AvgIpc) is 2.41. The minimum absolute atomic E-state index is 0.0869. The van der Waals surface area contributed by atoms with Crippen molar-refractivity contribution in [1.29, 1.82) is 0 Å². The Hall–Kier alpha value is -1.07. The number of urea groups is 1. The molecule has 1 rings (SSSR count). The molecule has 0 atom stereocenters. The standard InChI is InChI=1S/C15H29N3O2/c1-13(15(2,3)4)12-17-14(19)16-6-5-7-18-8-10-20-11-9-18/h12H,5-11H2,1-4H3,(H2,16,17,19)/b13-12+. The summed E-state index contributed by atoms with van der Waals surface area (Å²) < 4.78 is 5.30. The Balaban J connectivity index is 2.11. The van der Waals surface area contributed by atoms with Gasteiger partial charge in [0.1, 0.15) is 0 Å². The fraction of sp³-hybridized carbons (Fsp3) is 0.800. The number of amides is 2. The smallest absolute Gasteiger partial charge is 0.318 e. The molecule has 1 heterocycles. The molecule has 0 radical (unpaired) electrons. The Morgan fingerprint density at radius 2 is 1.95 bits per heavy atom. The van der Waals surface area contributed by atoms with E-state index in [2.05, 4.69) is 36.3 Å². The van der Waals surface area contributed by atoms with Crippen molar-refractivity contribution in [2.45, 2.75) is 34.1 Å². The van der Waals surface area contributed by atoms with Gasteiger partial charge in [-0.15, -0.1) is 0 Å². The largest absolute Gasteiger partial charge is 0.379 e. The van der Waals surface area contributed by atoms with Gasteiger partial charge in [0, 0.05) is 25.8 Å². The zero-order chi connectivity index (χ0) is 15.0. The molecule has 0 aliphatic carbocycles. The van der Waals surface area contributed by atoms with E-state index in [1.165, 1.54) is 0 Å². The third-order valence-corrected chi connectivity index (χ3v) is 3.64. The molecule has 5 heteroatoms. The number of carbonyl (C=O) groups is 1. The summed E-state index contributed by atoms with van der Waals surface area (Å²) in [5.41, 5.74) is 1.24. The molecule has 1 aliphatic heterocycles. The lowest BCUT2D eigenvalue weighted by atomic mass is 9.88. The van der Waals surface area contributed by atoms with Crippen molar-refractivity contribution in [3.05, 3.63) is 11.8 Å². The molecule has 2 amide bonds. The molecule has 116 valence electrons. The van der Waals surface area contributed by atoms with Gasteiger partial charge in [0.05, 0.1) is 13.2 Å². The number of ether oxygens (including phenoxy) is 1. The maximum Gasteiger partial charge on any atom is 0.318 e. The molecule has 0 aromatic rings. The number of carbonyl (C=O) groups excluding carboxylic acids is 1. The normalized spacial score (nSPS) is 17.9. The van der Waals surface area contributed by atoms with Crippen LogP contribution in [0.2, 0.25) is 0 Å². The van der Waals surface area contributed by atoms with Gasteiger partial charge >= 0.3 is 6.03 Å². The number of nitrogens with one attached hydrogen (secondary N) is 2. The van der Waals surface area contributed by atoms with Crippen LogP contribution in [0.15, 0.2) is 11.8 Å². The fourth-order valence-corrected chi connectivity index (χ4v) is 1.77. The maximum absolute atomic E-state index is 11.6. The summed E-state index contributed by atoms with van der Waals surface area (Å²) in [4.78, 5) is 14.0. The molecular weight excluding hydrogens is 254 g/mol. The van der Waals surface area contributed by atoms with Crippen molar-refractivity contribution in [2.75, 3.05) is 39.4 Å². The van der Waals surface area contributed by atoms with E-state index in [1.54, 1.807) is 6.20 Å².